The third-order valence-corrected chi connectivity index (χ3v) is 3.05. The average Bonchev–Trinajstić information content (AvgIpc) is 2.85. The number of pyridine rings is 2. The maximum Gasteiger partial charge on any atom is 0.0556 e. The van der Waals surface area contributed by atoms with E-state index in [1.165, 1.54) is 27.3 Å². The summed E-state index contributed by atoms with van der Waals surface area (Å²) in [6.07, 6.45) is 3.79. The predicted octanol–water partition coefficient (Wildman–Crippen LogP) is 3.08. The minimum atomic E-state index is 1.23. The van der Waals surface area contributed by atoms with E-state index in [9.17, 15) is 0 Å². The van der Waals surface area contributed by atoms with Crippen molar-refractivity contribution in [3.63, 3.8) is 0 Å². The van der Waals surface area contributed by atoms with E-state index in [-0.39, 0.29) is 0 Å². The summed E-state index contributed by atoms with van der Waals surface area (Å²) in [5.74, 6) is 0. The minimum absolute atomic E-state index is 1.23. The van der Waals surface area contributed by atoms with Crippen LogP contribution in [0.5, 0.6) is 0 Å². The fourth-order valence-corrected chi connectivity index (χ4v) is 2.41. The summed E-state index contributed by atoms with van der Waals surface area (Å²) < 4.78 is 2.28. The molecule has 2 heteroatoms. The molecule has 4 aromatic heterocycles. The van der Waals surface area contributed by atoms with Crippen LogP contribution in [0, 0.1) is 0 Å². The highest BCUT2D eigenvalue weighted by molar-refractivity contribution is 6.09. The van der Waals surface area contributed by atoms with Gasteiger partial charge in [-0.2, -0.15) is 0 Å². The first-order chi connectivity index (χ1) is 7.45. The maximum absolute atomic E-state index is 4.19. The molecule has 0 fully saturated rings. The Labute approximate surface area is 86.1 Å². The van der Waals surface area contributed by atoms with Crippen molar-refractivity contribution < 1.29 is 0 Å². The fourth-order valence-electron chi connectivity index (χ4n) is 2.41. The van der Waals surface area contributed by atoms with E-state index >= 15 is 0 Å². The first-order valence-corrected chi connectivity index (χ1v) is 5.00. The number of rotatable bonds is 0. The Hall–Kier alpha value is -2.09. The van der Waals surface area contributed by atoms with Crippen molar-refractivity contribution in [1.29, 1.82) is 0 Å². The molecular formula is C13H8N2. The summed E-state index contributed by atoms with van der Waals surface area (Å²) in [6.45, 7) is 0. The van der Waals surface area contributed by atoms with Gasteiger partial charge in [-0.05, 0) is 30.3 Å². The summed E-state index contributed by atoms with van der Waals surface area (Å²) in [7, 11) is 0. The SMILES string of the molecule is c1cc2ccc3c4ccncc4c(c1)n23. The van der Waals surface area contributed by atoms with Gasteiger partial charge in [-0.15, -0.1) is 0 Å². The van der Waals surface area contributed by atoms with Crippen molar-refractivity contribution in [2.75, 3.05) is 0 Å². The zero-order valence-electron chi connectivity index (χ0n) is 8.01. The summed E-state index contributed by atoms with van der Waals surface area (Å²) in [4.78, 5) is 4.19. The fraction of sp³-hybridized carbons (Fsp3) is 0. The number of hydrogen-bond acceptors (Lipinski definition) is 1. The number of hydrogen-bond donors (Lipinski definition) is 0. The van der Waals surface area contributed by atoms with E-state index in [1.54, 1.807) is 0 Å². The predicted molar refractivity (Wildman–Crippen MR) is 61.4 cm³/mol. The van der Waals surface area contributed by atoms with Crippen LogP contribution in [-0.4, -0.2) is 9.38 Å². The zero-order chi connectivity index (χ0) is 9.83. The highest BCUT2D eigenvalue weighted by atomic mass is 14.9. The van der Waals surface area contributed by atoms with E-state index in [2.05, 4.69) is 45.8 Å². The lowest BCUT2D eigenvalue weighted by Gasteiger charge is -1.94. The van der Waals surface area contributed by atoms with E-state index in [0.717, 1.165) is 0 Å². The molecule has 0 radical (unpaired) electrons. The van der Waals surface area contributed by atoms with Gasteiger partial charge < -0.3 is 4.40 Å². The van der Waals surface area contributed by atoms with Gasteiger partial charge in [0, 0.05) is 28.7 Å². The topological polar surface area (TPSA) is 17.3 Å². The van der Waals surface area contributed by atoms with E-state index < -0.39 is 0 Å². The molecule has 0 saturated carbocycles. The second-order valence-corrected chi connectivity index (χ2v) is 3.81. The average molecular weight is 192 g/mol. The molecule has 0 spiro atoms. The van der Waals surface area contributed by atoms with Gasteiger partial charge in [0.1, 0.15) is 0 Å². The Morgan fingerprint density at radius 3 is 2.80 bits per heavy atom. The molecule has 15 heavy (non-hydrogen) atoms. The normalized spacial score (nSPS) is 12.0. The van der Waals surface area contributed by atoms with Crippen molar-refractivity contribution in [1.82, 2.24) is 9.38 Å². The van der Waals surface area contributed by atoms with Gasteiger partial charge >= 0.3 is 0 Å². The standard InChI is InChI=1S/C13H8N2/c1-2-9-4-5-13-10-6-7-14-8-11(10)12(3-1)15(9)13/h1-8H. The molecule has 0 aliphatic carbocycles. The van der Waals surface area contributed by atoms with Crippen LogP contribution in [0.15, 0.2) is 48.8 Å². The van der Waals surface area contributed by atoms with Gasteiger partial charge in [-0.25, -0.2) is 0 Å². The molecule has 0 atom stereocenters. The molecule has 4 heterocycles. The van der Waals surface area contributed by atoms with Gasteiger partial charge in [0.15, 0.2) is 0 Å². The lowest BCUT2D eigenvalue weighted by Crippen LogP contribution is -1.79. The number of nitrogens with zero attached hydrogens (tertiary/aromatic N) is 2. The van der Waals surface area contributed by atoms with Gasteiger partial charge in [0.25, 0.3) is 0 Å². The summed E-state index contributed by atoms with van der Waals surface area (Å²) in [5, 5.41) is 2.52. The van der Waals surface area contributed by atoms with Crippen molar-refractivity contribution >= 4 is 27.3 Å². The van der Waals surface area contributed by atoms with E-state index in [0.29, 0.717) is 0 Å². The van der Waals surface area contributed by atoms with Gasteiger partial charge in [-0.1, -0.05) is 6.07 Å². The molecule has 4 aromatic rings. The Morgan fingerprint density at radius 1 is 0.867 bits per heavy atom. The van der Waals surface area contributed by atoms with Crippen molar-refractivity contribution in [3.05, 3.63) is 48.8 Å². The quantitative estimate of drug-likeness (QED) is 0.418. The first-order valence-electron chi connectivity index (χ1n) is 5.00. The Kier molecular flexibility index (Phi) is 1.10. The summed E-state index contributed by atoms with van der Waals surface area (Å²) in [5.41, 5.74) is 3.77. The summed E-state index contributed by atoms with van der Waals surface area (Å²) >= 11 is 0. The van der Waals surface area contributed by atoms with Gasteiger partial charge in [-0.3, -0.25) is 4.98 Å². The van der Waals surface area contributed by atoms with E-state index in [1.807, 2.05) is 12.4 Å². The number of aromatic nitrogens is 2. The molecule has 0 saturated heterocycles. The van der Waals surface area contributed by atoms with Crippen molar-refractivity contribution in [3.8, 4) is 0 Å². The van der Waals surface area contributed by atoms with Crippen molar-refractivity contribution in [2.45, 2.75) is 0 Å². The Morgan fingerprint density at radius 2 is 1.80 bits per heavy atom. The van der Waals surface area contributed by atoms with Crippen LogP contribution in [0.1, 0.15) is 0 Å². The molecule has 0 amide bonds. The molecule has 0 aliphatic rings. The van der Waals surface area contributed by atoms with Crippen LogP contribution in [0.25, 0.3) is 27.3 Å². The van der Waals surface area contributed by atoms with Crippen LogP contribution in [0.4, 0.5) is 0 Å². The maximum atomic E-state index is 4.19. The van der Waals surface area contributed by atoms with Crippen LogP contribution in [0.3, 0.4) is 0 Å². The molecule has 70 valence electrons. The lowest BCUT2D eigenvalue weighted by atomic mass is 10.2. The highest BCUT2D eigenvalue weighted by Crippen LogP contribution is 2.30. The van der Waals surface area contributed by atoms with Gasteiger partial charge in [0.2, 0.25) is 0 Å². The lowest BCUT2D eigenvalue weighted by molar-refractivity contribution is 1.35. The van der Waals surface area contributed by atoms with Crippen LogP contribution in [-0.2, 0) is 0 Å². The smallest absolute Gasteiger partial charge is 0.0556 e. The van der Waals surface area contributed by atoms with E-state index in [4.69, 9.17) is 0 Å². The largest absolute Gasteiger partial charge is 0.309 e. The van der Waals surface area contributed by atoms with Crippen LogP contribution >= 0.6 is 0 Å². The molecule has 0 aromatic carbocycles. The Balaban J connectivity index is 2.53. The number of fused-ring (bicyclic) bond motifs is 3. The highest BCUT2D eigenvalue weighted by Gasteiger charge is 2.09. The second kappa shape index (κ2) is 2.28. The van der Waals surface area contributed by atoms with Crippen LogP contribution in [0.2, 0.25) is 0 Å². The molecule has 0 unspecified atom stereocenters. The third-order valence-electron chi connectivity index (χ3n) is 3.05. The summed E-state index contributed by atoms with van der Waals surface area (Å²) in [6, 6.07) is 12.8. The molecule has 0 N–H and O–H groups in total. The molecule has 4 rings (SSSR count). The molecule has 0 aliphatic heterocycles. The second-order valence-electron chi connectivity index (χ2n) is 3.81. The minimum Gasteiger partial charge on any atom is -0.309 e. The third kappa shape index (κ3) is 0.734. The molecule has 2 nitrogen and oxygen atoms in total. The zero-order valence-corrected chi connectivity index (χ0v) is 8.01. The monoisotopic (exact) mass is 192 g/mol. The first kappa shape index (κ1) is 7.23. The van der Waals surface area contributed by atoms with Gasteiger partial charge in [0.05, 0.1) is 11.0 Å². The van der Waals surface area contributed by atoms with Crippen LogP contribution < -0.4 is 0 Å². The molecular weight excluding hydrogens is 184 g/mol. The Bertz CT molecular complexity index is 745. The van der Waals surface area contributed by atoms with Crippen molar-refractivity contribution in [2.24, 2.45) is 0 Å². The molecule has 0 bridgehead atoms.